The molecule has 5 rings (SSSR count). The minimum absolute atomic E-state index is 0.0347. The molecule has 0 spiro atoms. The van der Waals surface area contributed by atoms with Gasteiger partial charge in [-0.1, -0.05) is 36.4 Å². The largest absolute Gasteiger partial charge is 0.468 e. The SMILES string of the molecule is CC(=O)Nc1ccc(S(=O)(=O)N(Cc2ccco2)CC(O)Cn2c3ccccc3c3ccccc32)cc1. The predicted molar refractivity (Wildman–Crippen MR) is 143 cm³/mol. The van der Waals surface area contributed by atoms with E-state index in [9.17, 15) is 18.3 Å². The first-order valence-corrected chi connectivity index (χ1v) is 13.3. The highest BCUT2D eigenvalue weighted by molar-refractivity contribution is 7.89. The van der Waals surface area contributed by atoms with Crippen molar-refractivity contribution in [1.29, 1.82) is 0 Å². The molecule has 0 radical (unpaired) electrons. The summed E-state index contributed by atoms with van der Waals surface area (Å²) >= 11 is 0. The molecule has 0 aliphatic heterocycles. The van der Waals surface area contributed by atoms with E-state index in [-0.39, 0.29) is 30.4 Å². The molecular formula is C28H27N3O5S. The number of aromatic nitrogens is 1. The van der Waals surface area contributed by atoms with E-state index in [1.165, 1.54) is 41.8 Å². The highest BCUT2D eigenvalue weighted by Crippen LogP contribution is 2.29. The zero-order valence-electron chi connectivity index (χ0n) is 20.2. The molecule has 1 amide bonds. The van der Waals surface area contributed by atoms with Crippen LogP contribution < -0.4 is 5.32 Å². The number of furan rings is 1. The lowest BCUT2D eigenvalue weighted by molar-refractivity contribution is -0.114. The third kappa shape index (κ3) is 5.15. The normalized spacial score (nSPS) is 12.8. The average molecular weight is 518 g/mol. The average Bonchev–Trinajstić information content (AvgIpc) is 3.50. The predicted octanol–water partition coefficient (Wildman–Crippen LogP) is 4.60. The van der Waals surface area contributed by atoms with Crippen LogP contribution in [0.1, 0.15) is 12.7 Å². The first kappa shape index (κ1) is 24.8. The number of fused-ring (bicyclic) bond motifs is 3. The number of carbonyl (C=O) groups excluding carboxylic acids is 1. The van der Waals surface area contributed by atoms with Gasteiger partial charge in [0.15, 0.2) is 0 Å². The molecule has 0 fully saturated rings. The topological polar surface area (TPSA) is 105 Å². The fourth-order valence-corrected chi connectivity index (χ4v) is 6.03. The lowest BCUT2D eigenvalue weighted by Crippen LogP contribution is -2.38. The maximum atomic E-state index is 13.6. The van der Waals surface area contributed by atoms with E-state index in [4.69, 9.17) is 4.42 Å². The number of rotatable bonds is 9. The number of nitrogens with one attached hydrogen (secondary N) is 1. The second-order valence-electron chi connectivity index (χ2n) is 8.88. The second-order valence-corrected chi connectivity index (χ2v) is 10.8. The number of anilines is 1. The standard InChI is InChI=1S/C28H27N3O5S/c1-20(32)29-21-12-14-24(15-13-21)37(34,35)30(19-23-7-6-16-36-23)17-22(33)18-31-27-10-4-2-8-25(27)26-9-3-5-11-28(26)31/h2-16,22,33H,17-19H2,1H3,(H,29,32). The Hall–Kier alpha value is -3.92. The summed E-state index contributed by atoms with van der Waals surface area (Å²) in [6.45, 7) is 1.41. The van der Waals surface area contributed by atoms with E-state index in [0.717, 1.165) is 21.8 Å². The Balaban J connectivity index is 1.45. The Labute approximate surface area is 214 Å². The summed E-state index contributed by atoms with van der Waals surface area (Å²) in [5.74, 6) is 0.214. The van der Waals surface area contributed by atoms with Gasteiger partial charge >= 0.3 is 0 Å². The number of aliphatic hydroxyl groups is 1. The van der Waals surface area contributed by atoms with Crippen LogP contribution in [0.2, 0.25) is 0 Å². The van der Waals surface area contributed by atoms with E-state index in [0.29, 0.717) is 11.4 Å². The van der Waals surface area contributed by atoms with Crippen molar-refractivity contribution >= 4 is 43.4 Å². The summed E-state index contributed by atoms with van der Waals surface area (Å²) in [4.78, 5) is 11.4. The summed E-state index contributed by atoms with van der Waals surface area (Å²) in [6.07, 6.45) is 0.485. The van der Waals surface area contributed by atoms with Gasteiger partial charge in [0.25, 0.3) is 0 Å². The molecule has 0 aliphatic rings. The van der Waals surface area contributed by atoms with Crippen molar-refractivity contribution in [1.82, 2.24) is 8.87 Å². The molecule has 0 saturated carbocycles. The molecule has 0 saturated heterocycles. The second kappa shape index (κ2) is 10.2. The van der Waals surface area contributed by atoms with E-state index < -0.39 is 16.1 Å². The lowest BCUT2D eigenvalue weighted by Gasteiger charge is -2.25. The van der Waals surface area contributed by atoms with Gasteiger partial charge < -0.3 is 19.4 Å². The minimum atomic E-state index is -3.99. The molecule has 8 nitrogen and oxygen atoms in total. The Morgan fingerprint density at radius 1 is 0.946 bits per heavy atom. The Bertz CT molecular complexity index is 1590. The maximum absolute atomic E-state index is 13.6. The summed E-state index contributed by atoms with van der Waals surface area (Å²) in [5.41, 5.74) is 2.43. The maximum Gasteiger partial charge on any atom is 0.243 e. The van der Waals surface area contributed by atoms with Crippen LogP contribution in [-0.2, 0) is 27.9 Å². The Morgan fingerprint density at radius 2 is 1.57 bits per heavy atom. The number of hydrogen-bond acceptors (Lipinski definition) is 5. The zero-order valence-corrected chi connectivity index (χ0v) is 21.1. The first-order chi connectivity index (χ1) is 17.8. The third-order valence-corrected chi connectivity index (χ3v) is 8.04. The van der Waals surface area contributed by atoms with Crippen LogP contribution in [0.15, 0.2) is 101 Å². The van der Waals surface area contributed by atoms with E-state index in [1.807, 2.05) is 53.1 Å². The van der Waals surface area contributed by atoms with Crippen LogP contribution in [0.3, 0.4) is 0 Å². The molecule has 3 aromatic carbocycles. The van der Waals surface area contributed by atoms with Gasteiger partial charge in [-0.2, -0.15) is 4.31 Å². The molecule has 5 aromatic rings. The molecule has 9 heteroatoms. The Morgan fingerprint density at radius 3 is 2.14 bits per heavy atom. The van der Waals surface area contributed by atoms with Gasteiger partial charge in [0.2, 0.25) is 15.9 Å². The molecule has 0 bridgehead atoms. The van der Waals surface area contributed by atoms with Crippen molar-refractivity contribution in [2.24, 2.45) is 0 Å². The molecule has 1 unspecified atom stereocenters. The molecule has 190 valence electrons. The van der Waals surface area contributed by atoms with Crippen molar-refractivity contribution in [3.8, 4) is 0 Å². The molecule has 2 aromatic heterocycles. The van der Waals surface area contributed by atoms with Crippen molar-refractivity contribution in [3.63, 3.8) is 0 Å². The number of nitrogens with zero attached hydrogens (tertiary/aromatic N) is 2. The monoisotopic (exact) mass is 517 g/mol. The van der Waals surface area contributed by atoms with Gasteiger partial charge in [-0.25, -0.2) is 8.42 Å². The van der Waals surface area contributed by atoms with Crippen LogP contribution in [0.25, 0.3) is 21.8 Å². The molecule has 1 atom stereocenters. The number of benzene rings is 3. The minimum Gasteiger partial charge on any atom is -0.468 e. The quantitative estimate of drug-likeness (QED) is 0.297. The van der Waals surface area contributed by atoms with E-state index in [1.54, 1.807) is 12.1 Å². The molecule has 2 heterocycles. The van der Waals surface area contributed by atoms with Crippen LogP contribution in [-0.4, -0.2) is 41.0 Å². The fourth-order valence-electron chi connectivity index (χ4n) is 4.59. The van der Waals surface area contributed by atoms with Gasteiger partial charge in [-0.05, 0) is 48.5 Å². The molecule has 2 N–H and O–H groups in total. The van der Waals surface area contributed by atoms with Crippen LogP contribution in [0.4, 0.5) is 5.69 Å². The number of para-hydroxylation sites is 2. The van der Waals surface area contributed by atoms with Crippen LogP contribution >= 0.6 is 0 Å². The zero-order chi connectivity index (χ0) is 26.0. The number of sulfonamides is 1. The van der Waals surface area contributed by atoms with Gasteiger partial charge in [-0.15, -0.1) is 0 Å². The lowest BCUT2D eigenvalue weighted by atomic mass is 10.2. The van der Waals surface area contributed by atoms with Crippen molar-refractivity contribution in [2.75, 3.05) is 11.9 Å². The van der Waals surface area contributed by atoms with E-state index >= 15 is 0 Å². The van der Waals surface area contributed by atoms with Gasteiger partial charge in [0.1, 0.15) is 5.76 Å². The number of aliphatic hydroxyl groups excluding tert-OH is 1. The fraction of sp³-hybridized carbons (Fsp3) is 0.179. The number of carbonyl (C=O) groups is 1. The van der Waals surface area contributed by atoms with Gasteiger partial charge in [0.05, 0.1) is 30.4 Å². The van der Waals surface area contributed by atoms with Gasteiger partial charge in [0, 0.05) is 41.0 Å². The van der Waals surface area contributed by atoms with Gasteiger partial charge in [-0.3, -0.25) is 4.79 Å². The highest BCUT2D eigenvalue weighted by Gasteiger charge is 2.28. The van der Waals surface area contributed by atoms with Crippen molar-refractivity contribution < 1.29 is 22.7 Å². The van der Waals surface area contributed by atoms with Crippen molar-refractivity contribution in [3.05, 3.63) is 97.0 Å². The van der Waals surface area contributed by atoms with Crippen LogP contribution in [0, 0.1) is 0 Å². The smallest absolute Gasteiger partial charge is 0.243 e. The Kier molecular flexibility index (Phi) is 6.84. The number of hydrogen-bond donors (Lipinski definition) is 2. The van der Waals surface area contributed by atoms with Crippen LogP contribution in [0.5, 0.6) is 0 Å². The summed E-state index contributed by atoms with van der Waals surface area (Å²) in [6, 6.07) is 25.3. The summed E-state index contributed by atoms with van der Waals surface area (Å²) < 4.78 is 35.9. The molecule has 0 aliphatic carbocycles. The van der Waals surface area contributed by atoms with E-state index in [2.05, 4.69) is 5.32 Å². The molecule has 37 heavy (non-hydrogen) atoms. The molecular weight excluding hydrogens is 490 g/mol. The highest BCUT2D eigenvalue weighted by atomic mass is 32.2. The first-order valence-electron chi connectivity index (χ1n) is 11.9. The summed E-state index contributed by atoms with van der Waals surface area (Å²) in [7, 11) is -3.99. The summed E-state index contributed by atoms with van der Waals surface area (Å²) in [5, 5.41) is 16.0. The number of amides is 1. The third-order valence-electron chi connectivity index (χ3n) is 6.21. The van der Waals surface area contributed by atoms with Crippen molar-refractivity contribution in [2.45, 2.75) is 31.0 Å².